The van der Waals surface area contributed by atoms with Gasteiger partial charge in [-0.3, -0.25) is 9.10 Å². The fourth-order valence-corrected chi connectivity index (χ4v) is 3.05. The number of carbonyl (C=O) groups is 1. The summed E-state index contributed by atoms with van der Waals surface area (Å²) in [5.74, 6) is -0.321. The van der Waals surface area contributed by atoms with Crippen LogP contribution in [-0.4, -0.2) is 46.9 Å². The molecule has 0 saturated carbocycles. The number of anilines is 1. The lowest BCUT2D eigenvalue weighted by Crippen LogP contribution is -2.41. The topological polar surface area (TPSA) is 75.7 Å². The monoisotopic (exact) mass is 342 g/mol. The molecule has 0 fully saturated rings. The number of benzene rings is 1. The molecule has 0 atom stereocenters. The lowest BCUT2D eigenvalue weighted by molar-refractivity contribution is -0.119. The number of hydrogen-bond donors (Lipinski definition) is 1. The summed E-state index contributed by atoms with van der Waals surface area (Å²) in [4.78, 5) is 12.0. The molecule has 0 aliphatic carbocycles. The summed E-state index contributed by atoms with van der Waals surface area (Å²) in [5, 5.41) is 2.73. The second-order valence-corrected chi connectivity index (χ2v) is 7.06. The highest BCUT2D eigenvalue weighted by Gasteiger charge is 2.22. The Morgan fingerprint density at radius 2 is 1.96 bits per heavy atom. The van der Waals surface area contributed by atoms with E-state index in [1.54, 1.807) is 12.1 Å². The SMILES string of the molecule is CCOCCCNC(=O)CN(c1ccccc1CC)S(C)(=O)=O. The minimum atomic E-state index is -3.54. The first-order valence-corrected chi connectivity index (χ1v) is 9.65. The number of rotatable bonds is 10. The maximum atomic E-state index is 12.1. The molecule has 1 aromatic carbocycles. The van der Waals surface area contributed by atoms with Crippen molar-refractivity contribution in [2.75, 3.05) is 36.9 Å². The first kappa shape index (κ1) is 19.4. The van der Waals surface area contributed by atoms with Crippen LogP contribution >= 0.6 is 0 Å². The molecule has 0 bridgehead atoms. The number of hydrogen-bond acceptors (Lipinski definition) is 4. The van der Waals surface area contributed by atoms with Gasteiger partial charge in [-0.25, -0.2) is 8.42 Å². The number of aryl methyl sites for hydroxylation is 1. The Morgan fingerprint density at radius 3 is 2.57 bits per heavy atom. The number of nitrogens with one attached hydrogen (secondary N) is 1. The van der Waals surface area contributed by atoms with Crippen LogP contribution in [0, 0.1) is 0 Å². The number of carbonyl (C=O) groups excluding carboxylic acids is 1. The Bertz CT molecular complexity index is 602. The molecule has 0 aliphatic heterocycles. The predicted molar refractivity (Wildman–Crippen MR) is 92.1 cm³/mol. The zero-order chi connectivity index (χ0) is 17.3. The summed E-state index contributed by atoms with van der Waals surface area (Å²) in [6.07, 6.45) is 2.50. The van der Waals surface area contributed by atoms with Crippen LogP contribution in [0.3, 0.4) is 0 Å². The third-order valence-electron chi connectivity index (χ3n) is 3.32. The first-order chi connectivity index (χ1) is 10.9. The van der Waals surface area contributed by atoms with Gasteiger partial charge in [-0.1, -0.05) is 25.1 Å². The number of nitrogens with zero attached hydrogens (tertiary/aromatic N) is 1. The highest BCUT2D eigenvalue weighted by Crippen LogP contribution is 2.23. The van der Waals surface area contributed by atoms with Crippen LogP contribution in [0.1, 0.15) is 25.8 Å². The summed E-state index contributed by atoms with van der Waals surface area (Å²) in [5.41, 5.74) is 1.45. The normalized spacial score (nSPS) is 11.3. The molecule has 0 unspecified atom stereocenters. The second-order valence-electron chi connectivity index (χ2n) is 5.15. The van der Waals surface area contributed by atoms with Crippen LogP contribution in [0.5, 0.6) is 0 Å². The molecule has 130 valence electrons. The van der Waals surface area contributed by atoms with Crippen LogP contribution in [-0.2, 0) is 26.0 Å². The van der Waals surface area contributed by atoms with Crippen molar-refractivity contribution in [3.63, 3.8) is 0 Å². The van der Waals surface area contributed by atoms with E-state index in [2.05, 4.69) is 5.32 Å². The van der Waals surface area contributed by atoms with Crippen LogP contribution < -0.4 is 9.62 Å². The van der Waals surface area contributed by atoms with Gasteiger partial charge in [0, 0.05) is 19.8 Å². The van der Waals surface area contributed by atoms with E-state index in [-0.39, 0.29) is 12.5 Å². The molecule has 1 aromatic rings. The molecule has 6 nitrogen and oxygen atoms in total. The fraction of sp³-hybridized carbons (Fsp3) is 0.562. The summed E-state index contributed by atoms with van der Waals surface area (Å²) in [7, 11) is -3.54. The van der Waals surface area contributed by atoms with Crippen LogP contribution in [0.4, 0.5) is 5.69 Å². The Balaban J connectivity index is 2.75. The summed E-state index contributed by atoms with van der Waals surface area (Å²) >= 11 is 0. The summed E-state index contributed by atoms with van der Waals surface area (Å²) < 4.78 is 30.5. The van der Waals surface area contributed by atoms with Crippen molar-refractivity contribution >= 4 is 21.6 Å². The molecule has 0 saturated heterocycles. The Hall–Kier alpha value is -1.60. The minimum absolute atomic E-state index is 0.218. The average molecular weight is 342 g/mol. The van der Waals surface area contributed by atoms with Crippen molar-refractivity contribution in [3.05, 3.63) is 29.8 Å². The van der Waals surface area contributed by atoms with E-state index < -0.39 is 10.0 Å². The number of sulfonamides is 1. The van der Waals surface area contributed by atoms with Crippen molar-refractivity contribution < 1.29 is 17.9 Å². The molecule has 0 heterocycles. The lowest BCUT2D eigenvalue weighted by Gasteiger charge is -2.24. The standard InChI is InChI=1S/C16H26N2O4S/c1-4-14-9-6-7-10-15(14)18(23(3,20)21)13-16(19)17-11-8-12-22-5-2/h6-7,9-10H,4-5,8,11-13H2,1-3H3,(H,17,19). The summed E-state index contributed by atoms with van der Waals surface area (Å²) in [6, 6.07) is 7.22. The van der Waals surface area contributed by atoms with E-state index in [9.17, 15) is 13.2 Å². The van der Waals surface area contributed by atoms with Gasteiger partial charge >= 0.3 is 0 Å². The molecular weight excluding hydrogens is 316 g/mol. The van der Waals surface area contributed by atoms with Gasteiger partial charge < -0.3 is 10.1 Å². The van der Waals surface area contributed by atoms with E-state index in [0.29, 0.717) is 38.3 Å². The molecule has 1 rings (SSSR count). The fourth-order valence-electron chi connectivity index (χ4n) is 2.17. The Labute approximate surface area is 138 Å². The number of amides is 1. The van der Waals surface area contributed by atoms with Gasteiger partial charge in [0.1, 0.15) is 6.54 Å². The number of para-hydroxylation sites is 1. The van der Waals surface area contributed by atoms with Gasteiger partial charge in [-0.05, 0) is 31.4 Å². The molecule has 0 aromatic heterocycles. The smallest absolute Gasteiger partial charge is 0.240 e. The molecule has 0 aliphatic rings. The van der Waals surface area contributed by atoms with Crippen LogP contribution in [0.15, 0.2) is 24.3 Å². The van der Waals surface area contributed by atoms with E-state index in [1.165, 1.54) is 0 Å². The largest absolute Gasteiger partial charge is 0.382 e. The van der Waals surface area contributed by atoms with Gasteiger partial charge in [0.25, 0.3) is 0 Å². The average Bonchev–Trinajstić information content (AvgIpc) is 2.51. The molecule has 1 N–H and O–H groups in total. The quantitative estimate of drug-likeness (QED) is 0.655. The third-order valence-corrected chi connectivity index (χ3v) is 4.45. The maximum Gasteiger partial charge on any atom is 0.240 e. The van der Waals surface area contributed by atoms with E-state index >= 15 is 0 Å². The van der Waals surface area contributed by atoms with E-state index in [0.717, 1.165) is 16.1 Å². The minimum Gasteiger partial charge on any atom is -0.382 e. The Morgan fingerprint density at radius 1 is 1.26 bits per heavy atom. The predicted octanol–water partition coefficient (Wildman–Crippen LogP) is 1.56. The second kappa shape index (κ2) is 9.52. The van der Waals surface area contributed by atoms with Crippen molar-refractivity contribution in [1.82, 2.24) is 5.32 Å². The van der Waals surface area contributed by atoms with Gasteiger partial charge in [0.05, 0.1) is 11.9 Å². The van der Waals surface area contributed by atoms with Crippen molar-refractivity contribution in [1.29, 1.82) is 0 Å². The first-order valence-electron chi connectivity index (χ1n) is 7.80. The van der Waals surface area contributed by atoms with E-state index in [4.69, 9.17) is 4.74 Å². The summed E-state index contributed by atoms with van der Waals surface area (Å²) in [6.45, 7) is 5.33. The van der Waals surface area contributed by atoms with Crippen molar-refractivity contribution in [2.45, 2.75) is 26.7 Å². The van der Waals surface area contributed by atoms with Gasteiger partial charge in [0.15, 0.2) is 0 Å². The lowest BCUT2D eigenvalue weighted by atomic mass is 10.1. The highest BCUT2D eigenvalue weighted by atomic mass is 32.2. The zero-order valence-corrected chi connectivity index (χ0v) is 14.9. The van der Waals surface area contributed by atoms with Crippen molar-refractivity contribution in [2.24, 2.45) is 0 Å². The van der Waals surface area contributed by atoms with Gasteiger partial charge in [-0.15, -0.1) is 0 Å². The van der Waals surface area contributed by atoms with Crippen LogP contribution in [0.25, 0.3) is 0 Å². The molecule has 0 radical (unpaired) electrons. The Kier molecular flexibility index (Phi) is 8.05. The van der Waals surface area contributed by atoms with Crippen LogP contribution in [0.2, 0.25) is 0 Å². The zero-order valence-electron chi connectivity index (χ0n) is 14.0. The van der Waals surface area contributed by atoms with E-state index in [1.807, 2.05) is 26.0 Å². The van der Waals surface area contributed by atoms with Gasteiger partial charge in [0.2, 0.25) is 15.9 Å². The molecule has 1 amide bonds. The number of ether oxygens (including phenoxy) is 1. The molecule has 7 heteroatoms. The molecular formula is C16H26N2O4S. The van der Waals surface area contributed by atoms with Gasteiger partial charge in [-0.2, -0.15) is 0 Å². The van der Waals surface area contributed by atoms with Crippen molar-refractivity contribution in [3.8, 4) is 0 Å². The molecule has 23 heavy (non-hydrogen) atoms. The molecule has 0 spiro atoms. The third kappa shape index (κ3) is 6.58. The maximum absolute atomic E-state index is 12.1. The highest BCUT2D eigenvalue weighted by molar-refractivity contribution is 7.92.